The second kappa shape index (κ2) is 12.3. The van der Waals surface area contributed by atoms with Gasteiger partial charge in [-0.25, -0.2) is 26.7 Å². The first kappa shape index (κ1) is 30.9. The minimum absolute atomic E-state index is 0.0183. The van der Waals surface area contributed by atoms with Gasteiger partial charge in [0.25, 0.3) is 5.91 Å². The third kappa shape index (κ3) is 5.66. The summed E-state index contributed by atoms with van der Waals surface area (Å²) in [5, 5.41) is 10.1. The number of carbonyl (C=O) groups is 2. The molecule has 216 valence electrons. The lowest BCUT2D eigenvalue weighted by Gasteiger charge is -2.18. The molecule has 3 rings (SSSR count). The highest BCUT2D eigenvalue weighted by atomic mass is 32.1. The molecule has 8 nitrogen and oxygen atoms in total. The Hall–Kier alpha value is -3.59. The SMILES string of the molecule is CCN(CC)C(=O)c1sc(NC(=S)Nc2c(C)nn(Cc3c(F)c(F)c(F)c(F)c3F)c2C)c(C(=O)OC)c1C. The van der Waals surface area contributed by atoms with Crippen molar-refractivity contribution in [2.75, 3.05) is 30.8 Å². The Bertz CT molecular complexity index is 1470. The van der Waals surface area contributed by atoms with Gasteiger partial charge in [-0.3, -0.25) is 9.48 Å². The second-order valence-electron chi connectivity index (χ2n) is 8.56. The largest absolute Gasteiger partial charge is 0.465 e. The highest BCUT2D eigenvalue weighted by molar-refractivity contribution is 7.80. The van der Waals surface area contributed by atoms with E-state index in [0.717, 1.165) is 16.0 Å². The lowest BCUT2D eigenvalue weighted by molar-refractivity contribution is 0.0601. The zero-order valence-corrected chi connectivity index (χ0v) is 24.0. The van der Waals surface area contributed by atoms with Crippen LogP contribution in [0.5, 0.6) is 0 Å². The minimum atomic E-state index is -2.25. The monoisotopic (exact) mass is 603 g/mol. The molecule has 0 atom stereocenters. The first-order chi connectivity index (χ1) is 18.8. The molecule has 2 heterocycles. The number of esters is 1. The summed E-state index contributed by atoms with van der Waals surface area (Å²) in [5.74, 6) is -11.2. The maximum atomic E-state index is 14.2. The smallest absolute Gasteiger partial charge is 0.341 e. The summed E-state index contributed by atoms with van der Waals surface area (Å²) in [7, 11) is 1.21. The molecular formula is C25H26F5N5O3S2. The number of rotatable bonds is 8. The van der Waals surface area contributed by atoms with Crippen molar-refractivity contribution in [3.8, 4) is 0 Å². The number of nitrogens with zero attached hydrogens (tertiary/aromatic N) is 3. The number of thiocarbonyl (C=S) groups is 1. The molecule has 0 spiro atoms. The zero-order valence-electron chi connectivity index (χ0n) is 22.4. The number of aryl methyl sites for hydroxylation is 1. The molecule has 0 radical (unpaired) electrons. The Morgan fingerprint density at radius 1 is 0.975 bits per heavy atom. The first-order valence-electron chi connectivity index (χ1n) is 11.9. The summed E-state index contributed by atoms with van der Waals surface area (Å²) < 4.78 is 75.2. The van der Waals surface area contributed by atoms with Crippen molar-refractivity contribution in [2.45, 2.75) is 41.2 Å². The number of nitrogens with one attached hydrogen (secondary N) is 2. The molecule has 0 fully saturated rings. The van der Waals surface area contributed by atoms with Gasteiger partial charge in [0.05, 0.1) is 46.7 Å². The van der Waals surface area contributed by atoms with E-state index < -0.39 is 47.2 Å². The van der Waals surface area contributed by atoms with Crippen LogP contribution in [0.2, 0.25) is 0 Å². The van der Waals surface area contributed by atoms with E-state index in [2.05, 4.69) is 15.7 Å². The molecule has 1 aromatic carbocycles. The molecule has 0 aliphatic heterocycles. The molecule has 0 aliphatic rings. The van der Waals surface area contributed by atoms with Crippen LogP contribution < -0.4 is 10.6 Å². The van der Waals surface area contributed by atoms with Crippen molar-refractivity contribution in [3.63, 3.8) is 0 Å². The van der Waals surface area contributed by atoms with Gasteiger partial charge in [0.15, 0.2) is 28.4 Å². The van der Waals surface area contributed by atoms with Gasteiger partial charge in [-0.1, -0.05) is 0 Å². The van der Waals surface area contributed by atoms with Gasteiger partial charge >= 0.3 is 5.97 Å². The van der Waals surface area contributed by atoms with Gasteiger partial charge < -0.3 is 20.3 Å². The van der Waals surface area contributed by atoms with E-state index >= 15 is 0 Å². The molecule has 0 bridgehead atoms. The third-order valence-electron chi connectivity index (χ3n) is 6.24. The fourth-order valence-corrected chi connectivity index (χ4v) is 5.46. The van der Waals surface area contributed by atoms with E-state index in [-0.39, 0.29) is 27.3 Å². The van der Waals surface area contributed by atoms with Crippen molar-refractivity contribution in [3.05, 3.63) is 62.0 Å². The lowest BCUT2D eigenvalue weighted by atomic mass is 10.1. The van der Waals surface area contributed by atoms with Crippen molar-refractivity contribution in [1.82, 2.24) is 14.7 Å². The normalized spacial score (nSPS) is 11.0. The van der Waals surface area contributed by atoms with E-state index in [1.807, 2.05) is 13.8 Å². The molecule has 15 heteroatoms. The predicted molar refractivity (Wildman–Crippen MR) is 145 cm³/mol. The second-order valence-corrected chi connectivity index (χ2v) is 9.99. The van der Waals surface area contributed by atoms with E-state index in [0.29, 0.717) is 34.9 Å². The number of halogens is 5. The minimum Gasteiger partial charge on any atom is -0.465 e. The number of aromatic nitrogens is 2. The van der Waals surface area contributed by atoms with E-state index in [9.17, 15) is 31.5 Å². The van der Waals surface area contributed by atoms with Crippen molar-refractivity contribution in [2.24, 2.45) is 0 Å². The highest BCUT2D eigenvalue weighted by Crippen LogP contribution is 2.35. The average molecular weight is 604 g/mol. The number of anilines is 2. The van der Waals surface area contributed by atoms with Crippen LogP contribution in [0.1, 0.15) is 56.4 Å². The fourth-order valence-electron chi connectivity index (χ4n) is 4.03. The van der Waals surface area contributed by atoms with Crippen molar-refractivity contribution < 1.29 is 36.3 Å². The van der Waals surface area contributed by atoms with Gasteiger partial charge in [0.1, 0.15) is 5.00 Å². The molecule has 1 amide bonds. The highest BCUT2D eigenvalue weighted by Gasteiger charge is 2.29. The summed E-state index contributed by atoms with van der Waals surface area (Å²) >= 11 is 6.43. The Morgan fingerprint density at radius 3 is 2.05 bits per heavy atom. The van der Waals surface area contributed by atoms with Crippen molar-refractivity contribution in [1.29, 1.82) is 0 Å². The number of ether oxygens (including phenoxy) is 1. The molecule has 3 aromatic rings. The van der Waals surface area contributed by atoms with Crippen LogP contribution in [0.25, 0.3) is 0 Å². The number of hydrogen-bond acceptors (Lipinski definition) is 6. The van der Waals surface area contributed by atoms with E-state index in [1.165, 1.54) is 14.0 Å². The van der Waals surface area contributed by atoms with Gasteiger partial charge in [-0.2, -0.15) is 5.10 Å². The molecule has 2 aromatic heterocycles. The summed E-state index contributed by atoms with van der Waals surface area (Å²) in [5.41, 5.74) is 0.381. The van der Waals surface area contributed by atoms with Gasteiger partial charge in [-0.05, 0) is 52.4 Å². The molecule has 0 saturated heterocycles. The topological polar surface area (TPSA) is 88.5 Å². The Kier molecular flexibility index (Phi) is 9.51. The number of amides is 1. The van der Waals surface area contributed by atoms with E-state index in [1.54, 1.807) is 18.7 Å². The summed E-state index contributed by atoms with van der Waals surface area (Å²) in [6.07, 6.45) is 0. The number of methoxy groups -OCH3 is 1. The van der Waals surface area contributed by atoms with Crippen LogP contribution in [0.4, 0.5) is 32.6 Å². The number of carbonyl (C=O) groups excluding carboxylic acids is 2. The molecule has 0 saturated carbocycles. The van der Waals surface area contributed by atoms with Crippen LogP contribution in [-0.2, 0) is 11.3 Å². The summed E-state index contributed by atoms with van der Waals surface area (Å²) in [6, 6.07) is 0. The molecule has 40 heavy (non-hydrogen) atoms. The molecular weight excluding hydrogens is 577 g/mol. The molecule has 2 N–H and O–H groups in total. The zero-order chi connectivity index (χ0) is 30.0. The van der Waals surface area contributed by atoms with Crippen molar-refractivity contribution >= 4 is 51.2 Å². The quantitative estimate of drug-likeness (QED) is 0.112. The predicted octanol–water partition coefficient (Wildman–Crippen LogP) is 5.69. The van der Waals surface area contributed by atoms with Crippen LogP contribution in [0, 0.1) is 49.9 Å². The van der Waals surface area contributed by atoms with Crippen LogP contribution in [0.3, 0.4) is 0 Å². The Morgan fingerprint density at radius 2 is 1.52 bits per heavy atom. The fraction of sp³-hybridized carbons (Fsp3) is 0.360. The number of benzene rings is 1. The van der Waals surface area contributed by atoms with Gasteiger partial charge in [0, 0.05) is 13.1 Å². The number of thiophene rings is 1. The van der Waals surface area contributed by atoms with Gasteiger partial charge in [-0.15, -0.1) is 11.3 Å². The summed E-state index contributed by atoms with van der Waals surface area (Å²) in [4.78, 5) is 27.5. The Labute approximate surface area is 236 Å². The maximum absolute atomic E-state index is 14.2. The first-order valence-corrected chi connectivity index (χ1v) is 13.1. The molecule has 0 aliphatic carbocycles. The standard InChI is InChI=1S/C25H26F5N5O3S2/c1-7-34(8-2)23(36)21-10(3)14(24(37)38-6)22(40-21)32-25(39)31-20-11(4)33-35(12(20)5)9-13-15(26)17(28)19(30)18(29)16(13)27/h7-9H2,1-6H3,(H2,31,32,39). The number of hydrogen-bond donors (Lipinski definition) is 2. The maximum Gasteiger partial charge on any atom is 0.341 e. The van der Waals surface area contributed by atoms with E-state index in [4.69, 9.17) is 17.0 Å². The molecule has 0 unspecified atom stereocenters. The summed E-state index contributed by atoms with van der Waals surface area (Å²) in [6.45, 7) is 8.54. The van der Waals surface area contributed by atoms with Gasteiger partial charge in [0.2, 0.25) is 5.82 Å². The van der Waals surface area contributed by atoms with Crippen LogP contribution in [0.15, 0.2) is 0 Å². The third-order valence-corrected chi connectivity index (χ3v) is 7.64. The van der Waals surface area contributed by atoms with Crippen LogP contribution >= 0.6 is 23.6 Å². The lowest BCUT2D eigenvalue weighted by Crippen LogP contribution is -2.30. The Balaban J connectivity index is 1.91. The van der Waals surface area contributed by atoms with Crippen LogP contribution in [-0.4, -0.2) is 51.9 Å². The average Bonchev–Trinajstić information content (AvgIpc) is 3.38.